The van der Waals surface area contributed by atoms with E-state index in [4.69, 9.17) is 5.26 Å². The Bertz CT molecular complexity index is 820. The third-order valence-electron chi connectivity index (χ3n) is 3.06. The van der Waals surface area contributed by atoms with E-state index in [2.05, 4.69) is 25.6 Å². The molecular weight excluding hydrogens is 318 g/mol. The van der Waals surface area contributed by atoms with Crippen molar-refractivity contribution >= 4 is 23.5 Å². The maximum absolute atomic E-state index is 12.4. The molecule has 1 amide bonds. The summed E-state index contributed by atoms with van der Waals surface area (Å²) in [6.07, 6.45) is 1.89. The summed E-state index contributed by atoms with van der Waals surface area (Å²) in [4.78, 5) is 26.5. The summed E-state index contributed by atoms with van der Waals surface area (Å²) in [5.41, 5.74) is 0.209. The fourth-order valence-corrected chi connectivity index (χ4v) is 2.59. The van der Waals surface area contributed by atoms with Crippen LogP contribution < -0.4 is 10.9 Å². The van der Waals surface area contributed by atoms with E-state index < -0.39 is 5.25 Å². The van der Waals surface area contributed by atoms with Gasteiger partial charge in [0.05, 0.1) is 11.4 Å². The highest BCUT2D eigenvalue weighted by atomic mass is 32.2. The van der Waals surface area contributed by atoms with Gasteiger partial charge in [0, 0.05) is 7.05 Å². The topological polar surface area (TPSA) is 129 Å². The Morgan fingerprint density at radius 1 is 1.57 bits per heavy atom. The molecule has 120 valence electrons. The minimum Gasteiger partial charge on any atom is -0.309 e. The number of anilines is 1. The van der Waals surface area contributed by atoms with E-state index >= 15 is 0 Å². The van der Waals surface area contributed by atoms with E-state index in [9.17, 15) is 9.59 Å². The quantitative estimate of drug-likeness (QED) is 0.766. The second-order valence-corrected chi connectivity index (χ2v) is 5.88. The third kappa shape index (κ3) is 3.75. The fraction of sp³-hybridized carbons (Fsp3) is 0.385. The first-order valence-electron chi connectivity index (χ1n) is 6.79. The summed E-state index contributed by atoms with van der Waals surface area (Å²) in [5, 5.41) is 23.0. The lowest BCUT2D eigenvalue weighted by Gasteiger charge is -2.14. The van der Waals surface area contributed by atoms with Gasteiger partial charge in [-0.15, -0.1) is 10.2 Å². The van der Waals surface area contributed by atoms with Crippen molar-refractivity contribution in [3.63, 3.8) is 0 Å². The summed E-state index contributed by atoms with van der Waals surface area (Å²) in [6.45, 7) is 3.39. The lowest BCUT2D eigenvalue weighted by atomic mass is 10.3. The zero-order chi connectivity index (χ0) is 17.0. The molecule has 0 saturated carbocycles. The standard InChI is InChI=1S/C13H15N7O2S/c1-4-9(23-13-17-11(21)7(2)18-19-13)12(22)16-10-8(5-14)6-15-20(10)3/h6,9H,4H2,1-3H3,(H,16,22)(H,17,19,21). The summed E-state index contributed by atoms with van der Waals surface area (Å²) in [7, 11) is 1.63. The third-order valence-corrected chi connectivity index (χ3v) is 4.30. The summed E-state index contributed by atoms with van der Waals surface area (Å²) in [6, 6.07) is 1.97. The number of nitriles is 1. The van der Waals surface area contributed by atoms with Crippen molar-refractivity contribution in [3.05, 3.63) is 27.8 Å². The number of nitrogens with one attached hydrogen (secondary N) is 2. The monoisotopic (exact) mass is 333 g/mol. The van der Waals surface area contributed by atoms with Gasteiger partial charge in [-0.1, -0.05) is 18.7 Å². The number of aromatic amines is 1. The Hall–Kier alpha value is -2.67. The second-order valence-electron chi connectivity index (χ2n) is 4.69. The molecule has 0 aliphatic rings. The number of H-pyrrole nitrogens is 1. The van der Waals surface area contributed by atoms with E-state index in [0.717, 1.165) is 11.8 Å². The molecule has 1 atom stereocenters. The van der Waals surface area contributed by atoms with E-state index in [1.165, 1.54) is 10.9 Å². The molecule has 0 bridgehead atoms. The molecule has 2 N–H and O–H groups in total. The van der Waals surface area contributed by atoms with Gasteiger partial charge in [-0.25, -0.2) is 0 Å². The van der Waals surface area contributed by atoms with Crippen LogP contribution in [0.3, 0.4) is 0 Å². The zero-order valence-electron chi connectivity index (χ0n) is 12.8. The predicted molar refractivity (Wildman–Crippen MR) is 83.9 cm³/mol. The normalized spacial score (nSPS) is 11.7. The van der Waals surface area contributed by atoms with Crippen molar-refractivity contribution in [1.29, 1.82) is 5.26 Å². The van der Waals surface area contributed by atoms with Crippen LogP contribution in [-0.4, -0.2) is 36.1 Å². The Balaban J connectivity index is 2.15. The van der Waals surface area contributed by atoms with Gasteiger partial charge >= 0.3 is 0 Å². The number of hydrogen-bond donors (Lipinski definition) is 2. The number of aromatic nitrogens is 5. The maximum Gasteiger partial charge on any atom is 0.273 e. The molecule has 23 heavy (non-hydrogen) atoms. The van der Waals surface area contributed by atoms with Gasteiger partial charge in [0.2, 0.25) is 5.91 Å². The van der Waals surface area contributed by atoms with Gasteiger partial charge in [0.15, 0.2) is 5.16 Å². The van der Waals surface area contributed by atoms with Crippen molar-refractivity contribution in [1.82, 2.24) is 25.0 Å². The molecular formula is C13H15N7O2S. The molecule has 0 fully saturated rings. The number of nitrogens with zero attached hydrogens (tertiary/aromatic N) is 5. The molecule has 0 spiro atoms. The average molecular weight is 333 g/mol. The highest BCUT2D eigenvalue weighted by Gasteiger charge is 2.22. The Morgan fingerprint density at radius 3 is 2.91 bits per heavy atom. The largest absolute Gasteiger partial charge is 0.309 e. The molecule has 10 heteroatoms. The van der Waals surface area contributed by atoms with E-state index in [-0.39, 0.29) is 27.9 Å². The van der Waals surface area contributed by atoms with Crippen molar-refractivity contribution in [2.75, 3.05) is 5.32 Å². The second kappa shape index (κ2) is 7.06. The van der Waals surface area contributed by atoms with E-state index in [1.54, 1.807) is 14.0 Å². The summed E-state index contributed by atoms with van der Waals surface area (Å²) >= 11 is 1.11. The lowest BCUT2D eigenvalue weighted by molar-refractivity contribution is -0.115. The van der Waals surface area contributed by atoms with Crippen LogP contribution in [0.15, 0.2) is 16.1 Å². The van der Waals surface area contributed by atoms with Crippen LogP contribution in [0.4, 0.5) is 5.82 Å². The predicted octanol–water partition coefficient (Wildman–Crippen LogP) is 0.588. The van der Waals surface area contributed by atoms with Crippen molar-refractivity contribution in [2.45, 2.75) is 30.7 Å². The molecule has 1 unspecified atom stereocenters. The van der Waals surface area contributed by atoms with Crippen LogP contribution in [0.2, 0.25) is 0 Å². The van der Waals surface area contributed by atoms with Gasteiger partial charge in [-0.05, 0) is 13.3 Å². The molecule has 0 aliphatic carbocycles. The summed E-state index contributed by atoms with van der Waals surface area (Å²) in [5.74, 6) is 0.0286. The van der Waals surface area contributed by atoms with Crippen LogP contribution in [0, 0.1) is 18.3 Å². The number of aryl methyl sites for hydroxylation is 2. The Morgan fingerprint density at radius 2 is 2.30 bits per heavy atom. The highest BCUT2D eigenvalue weighted by Crippen LogP contribution is 2.23. The molecule has 2 rings (SSSR count). The molecule has 0 aromatic carbocycles. The molecule has 2 aromatic rings. The van der Waals surface area contributed by atoms with Crippen molar-refractivity contribution in [2.24, 2.45) is 7.05 Å². The van der Waals surface area contributed by atoms with Crippen LogP contribution in [0.5, 0.6) is 0 Å². The first kappa shape index (κ1) is 16.7. The molecule has 9 nitrogen and oxygen atoms in total. The Labute approximate surface area is 136 Å². The first-order valence-corrected chi connectivity index (χ1v) is 7.67. The first-order chi connectivity index (χ1) is 11.0. The van der Waals surface area contributed by atoms with Gasteiger partial charge in [0.25, 0.3) is 5.56 Å². The van der Waals surface area contributed by atoms with Crippen LogP contribution in [0.25, 0.3) is 0 Å². The SMILES string of the molecule is CCC(Sc1nnc(C)c(=O)[nH]1)C(=O)Nc1c(C#N)cnn1C. The smallest absolute Gasteiger partial charge is 0.273 e. The van der Waals surface area contributed by atoms with Crippen LogP contribution >= 0.6 is 11.8 Å². The van der Waals surface area contributed by atoms with Gasteiger partial charge < -0.3 is 5.32 Å². The van der Waals surface area contributed by atoms with Crippen molar-refractivity contribution < 1.29 is 4.79 Å². The van der Waals surface area contributed by atoms with Gasteiger partial charge in [-0.2, -0.15) is 10.4 Å². The highest BCUT2D eigenvalue weighted by molar-refractivity contribution is 8.00. The minimum absolute atomic E-state index is 0.264. The number of amides is 1. The number of carbonyl (C=O) groups is 1. The maximum atomic E-state index is 12.4. The van der Waals surface area contributed by atoms with Gasteiger partial charge in [0.1, 0.15) is 23.1 Å². The molecule has 2 aromatic heterocycles. The average Bonchev–Trinajstić information content (AvgIpc) is 2.88. The van der Waals surface area contributed by atoms with Crippen LogP contribution in [0.1, 0.15) is 24.6 Å². The number of rotatable bonds is 5. The zero-order valence-corrected chi connectivity index (χ0v) is 13.6. The van der Waals surface area contributed by atoms with E-state index in [0.29, 0.717) is 12.2 Å². The van der Waals surface area contributed by atoms with Gasteiger partial charge in [-0.3, -0.25) is 19.3 Å². The molecule has 0 saturated heterocycles. The fourth-order valence-electron chi connectivity index (χ4n) is 1.75. The number of hydrogen-bond acceptors (Lipinski definition) is 7. The minimum atomic E-state index is -0.496. The number of thioether (sulfide) groups is 1. The number of carbonyl (C=O) groups excluding carboxylic acids is 1. The lowest BCUT2D eigenvalue weighted by Crippen LogP contribution is -2.27. The molecule has 2 heterocycles. The molecule has 0 aliphatic heterocycles. The van der Waals surface area contributed by atoms with E-state index in [1.807, 2.05) is 13.0 Å². The van der Waals surface area contributed by atoms with Crippen molar-refractivity contribution in [3.8, 4) is 6.07 Å². The van der Waals surface area contributed by atoms with Crippen LogP contribution in [-0.2, 0) is 11.8 Å². The Kier molecular flexibility index (Phi) is 5.13. The molecule has 0 radical (unpaired) electrons. The summed E-state index contributed by atoms with van der Waals surface area (Å²) < 4.78 is 1.42.